The number of carbonyl (C=O) groups excluding carboxylic acids is 1. The van der Waals surface area contributed by atoms with Crippen molar-refractivity contribution in [2.24, 2.45) is 7.05 Å². The van der Waals surface area contributed by atoms with Gasteiger partial charge in [-0.15, -0.1) is 10.2 Å². The quantitative estimate of drug-likeness (QED) is 0.261. The van der Waals surface area contributed by atoms with Gasteiger partial charge in [0.25, 0.3) is 0 Å². The second kappa shape index (κ2) is 10.1. The van der Waals surface area contributed by atoms with Crippen molar-refractivity contribution in [3.05, 3.63) is 90.5 Å². The Morgan fingerprint density at radius 2 is 1.70 bits per heavy atom. The largest absolute Gasteiger partial charge is 0.416 e. The maximum Gasteiger partial charge on any atom is 0.416 e. The molecule has 186 valence electrons. The molecule has 2 heterocycles. The molecule has 0 aliphatic heterocycles. The molecule has 0 aliphatic carbocycles. The van der Waals surface area contributed by atoms with Crippen LogP contribution in [0.5, 0.6) is 0 Å². The Bertz CT molecular complexity index is 1580. The average molecular weight is 520 g/mol. The molecule has 5 rings (SSSR count). The smallest absolute Gasteiger partial charge is 0.325 e. The molecule has 0 atom stereocenters. The van der Waals surface area contributed by atoms with Crippen molar-refractivity contribution in [1.82, 2.24) is 19.7 Å². The van der Waals surface area contributed by atoms with Gasteiger partial charge in [0.05, 0.1) is 22.5 Å². The third-order valence-corrected chi connectivity index (χ3v) is 6.69. The van der Waals surface area contributed by atoms with E-state index in [1.807, 2.05) is 60.7 Å². The maximum absolute atomic E-state index is 12.9. The van der Waals surface area contributed by atoms with Crippen molar-refractivity contribution in [3.8, 4) is 22.6 Å². The number of hydrogen-bond acceptors (Lipinski definition) is 5. The van der Waals surface area contributed by atoms with E-state index in [0.717, 1.165) is 51.6 Å². The number of aromatic nitrogens is 4. The molecule has 1 N–H and O–H groups in total. The minimum absolute atomic E-state index is 0.0470. The molecule has 0 fully saturated rings. The molecule has 0 radical (unpaired) electrons. The zero-order chi connectivity index (χ0) is 26.0. The van der Waals surface area contributed by atoms with E-state index < -0.39 is 17.6 Å². The summed E-state index contributed by atoms with van der Waals surface area (Å²) in [5, 5.41) is 12.5. The fourth-order valence-corrected chi connectivity index (χ4v) is 4.60. The lowest BCUT2D eigenvalue weighted by molar-refractivity contribution is -0.137. The Morgan fingerprint density at radius 3 is 2.49 bits per heavy atom. The lowest BCUT2D eigenvalue weighted by atomic mass is 10.0. The molecular weight excluding hydrogens is 499 g/mol. The maximum atomic E-state index is 12.9. The summed E-state index contributed by atoms with van der Waals surface area (Å²) in [4.78, 5) is 17.2. The van der Waals surface area contributed by atoms with Gasteiger partial charge in [-0.05, 0) is 30.3 Å². The fraction of sp³-hybridized carbons (Fsp3) is 0.111. The van der Waals surface area contributed by atoms with Crippen LogP contribution in [-0.2, 0) is 18.0 Å². The molecule has 0 bridgehead atoms. The van der Waals surface area contributed by atoms with Gasteiger partial charge in [0.15, 0.2) is 11.0 Å². The number of para-hydroxylation sites is 1. The number of nitrogens with one attached hydrogen (secondary N) is 1. The van der Waals surface area contributed by atoms with Crippen LogP contribution in [0.2, 0.25) is 0 Å². The van der Waals surface area contributed by atoms with Gasteiger partial charge in [0, 0.05) is 29.2 Å². The molecule has 5 aromatic rings. The predicted molar refractivity (Wildman–Crippen MR) is 138 cm³/mol. The van der Waals surface area contributed by atoms with E-state index in [1.54, 1.807) is 11.6 Å². The number of pyridine rings is 1. The Balaban J connectivity index is 1.38. The second-order valence-electron chi connectivity index (χ2n) is 8.22. The number of halogens is 3. The van der Waals surface area contributed by atoms with Crippen molar-refractivity contribution in [2.75, 3.05) is 11.1 Å². The molecule has 0 unspecified atom stereocenters. The van der Waals surface area contributed by atoms with Gasteiger partial charge in [0.2, 0.25) is 5.91 Å². The molecule has 0 saturated heterocycles. The standard InChI is InChI=1S/C27H20F3N5OS/c1-35-25(21-15-23(17-8-3-2-4-9-17)32-22-13-6-5-12-20(21)22)33-34-26(35)37-16-24(36)31-19-11-7-10-18(14-19)27(28,29)30/h2-15H,16H2,1H3,(H,31,36). The van der Waals surface area contributed by atoms with E-state index in [2.05, 4.69) is 15.5 Å². The number of hydrogen-bond donors (Lipinski definition) is 1. The highest BCUT2D eigenvalue weighted by molar-refractivity contribution is 7.99. The number of fused-ring (bicyclic) bond motifs is 1. The first-order chi connectivity index (χ1) is 17.8. The van der Waals surface area contributed by atoms with Crippen LogP contribution in [0, 0.1) is 0 Å². The monoisotopic (exact) mass is 519 g/mol. The fourth-order valence-electron chi connectivity index (χ4n) is 3.89. The van der Waals surface area contributed by atoms with Gasteiger partial charge in [-0.25, -0.2) is 4.98 Å². The summed E-state index contributed by atoms with van der Waals surface area (Å²) in [6, 6.07) is 24.1. The zero-order valence-corrected chi connectivity index (χ0v) is 20.3. The predicted octanol–water partition coefficient (Wildman–Crippen LogP) is 6.45. The topological polar surface area (TPSA) is 72.7 Å². The van der Waals surface area contributed by atoms with Crippen molar-refractivity contribution in [1.29, 1.82) is 0 Å². The number of anilines is 1. The van der Waals surface area contributed by atoms with E-state index in [-0.39, 0.29) is 11.4 Å². The van der Waals surface area contributed by atoms with Crippen molar-refractivity contribution in [3.63, 3.8) is 0 Å². The highest BCUT2D eigenvalue weighted by Crippen LogP contribution is 2.33. The van der Waals surface area contributed by atoms with E-state index in [9.17, 15) is 18.0 Å². The van der Waals surface area contributed by atoms with E-state index in [1.165, 1.54) is 12.1 Å². The Hall–Kier alpha value is -4.18. The number of thioether (sulfide) groups is 1. The van der Waals surface area contributed by atoms with Gasteiger partial charge in [-0.3, -0.25) is 4.79 Å². The SMILES string of the molecule is Cn1c(SCC(=O)Nc2cccc(C(F)(F)F)c2)nnc1-c1cc(-c2ccccc2)nc2ccccc12. The van der Waals surface area contributed by atoms with E-state index in [4.69, 9.17) is 4.98 Å². The number of alkyl halides is 3. The first-order valence-corrected chi connectivity index (χ1v) is 12.2. The van der Waals surface area contributed by atoms with Crippen LogP contribution >= 0.6 is 11.8 Å². The van der Waals surface area contributed by atoms with Crippen LogP contribution in [0.3, 0.4) is 0 Å². The summed E-state index contributed by atoms with van der Waals surface area (Å²) in [7, 11) is 1.81. The van der Waals surface area contributed by atoms with Crippen molar-refractivity contribution in [2.45, 2.75) is 11.3 Å². The Morgan fingerprint density at radius 1 is 0.946 bits per heavy atom. The van der Waals surface area contributed by atoms with Gasteiger partial charge in [-0.2, -0.15) is 13.2 Å². The highest BCUT2D eigenvalue weighted by atomic mass is 32.2. The third kappa shape index (κ3) is 5.34. The number of benzene rings is 3. The summed E-state index contributed by atoms with van der Waals surface area (Å²) in [5.41, 5.74) is 2.69. The molecule has 37 heavy (non-hydrogen) atoms. The summed E-state index contributed by atoms with van der Waals surface area (Å²) in [6.45, 7) is 0. The van der Waals surface area contributed by atoms with E-state index in [0.29, 0.717) is 11.0 Å². The Kier molecular flexibility index (Phi) is 6.66. The zero-order valence-electron chi connectivity index (χ0n) is 19.5. The summed E-state index contributed by atoms with van der Waals surface area (Å²) in [6.07, 6.45) is -4.48. The molecule has 10 heteroatoms. The number of amides is 1. The summed E-state index contributed by atoms with van der Waals surface area (Å²) < 4.78 is 40.6. The van der Waals surface area contributed by atoms with Gasteiger partial charge < -0.3 is 9.88 Å². The summed E-state index contributed by atoms with van der Waals surface area (Å²) >= 11 is 1.15. The normalized spacial score (nSPS) is 11.6. The molecular formula is C27H20F3N5OS. The average Bonchev–Trinajstić information content (AvgIpc) is 3.27. The first-order valence-electron chi connectivity index (χ1n) is 11.2. The second-order valence-corrected chi connectivity index (χ2v) is 9.16. The number of carbonyl (C=O) groups is 1. The van der Waals surface area contributed by atoms with Crippen LogP contribution < -0.4 is 5.32 Å². The molecule has 6 nitrogen and oxygen atoms in total. The van der Waals surface area contributed by atoms with Gasteiger partial charge in [-0.1, -0.05) is 66.4 Å². The van der Waals surface area contributed by atoms with Crippen LogP contribution in [0.15, 0.2) is 90.1 Å². The van der Waals surface area contributed by atoms with Crippen LogP contribution in [0.4, 0.5) is 18.9 Å². The molecule has 2 aromatic heterocycles. The van der Waals surface area contributed by atoms with Crippen molar-refractivity contribution >= 4 is 34.3 Å². The molecule has 3 aromatic carbocycles. The lowest BCUT2D eigenvalue weighted by Gasteiger charge is -2.11. The van der Waals surface area contributed by atoms with Crippen LogP contribution in [0.1, 0.15) is 5.56 Å². The van der Waals surface area contributed by atoms with Gasteiger partial charge in [0.1, 0.15) is 0 Å². The lowest BCUT2D eigenvalue weighted by Crippen LogP contribution is -2.15. The van der Waals surface area contributed by atoms with Crippen LogP contribution in [0.25, 0.3) is 33.5 Å². The highest BCUT2D eigenvalue weighted by Gasteiger charge is 2.30. The third-order valence-electron chi connectivity index (χ3n) is 5.67. The van der Waals surface area contributed by atoms with Gasteiger partial charge >= 0.3 is 6.18 Å². The molecule has 0 saturated carbocycles. The van der Waals surface area contributed by atoms with Crippen molar-refractivity contribution < 1.29 is 18.0 Å². The molecule has 1 amide bonds. The number of nitrogens with zero attached hydrogens (tertiary/aromatic N) is 4. The first kappa shape index (κ1) is 24.5. The molecule has 0 spiro atoms. The summed E-state index contributed by atoms with van der Waals surface area (Å²) in [5.74, 6) is 0.111. The minimum atomic E-state index is -4.48. The van der Waals surface area contributed by atoms with Crippen LogP contribution in [-0.4, -0.2) is 31.4 Å². The molecule has 0 aliphatic rings. The minimum Gasteiger partial charge on any atom is -0.325 e. The Labute approximate surface area is 214 Å². The van der Waals surface area contributed by atoms with E-state index >= 15 is 0 Å². The number of rotatable bonds is 6.